The molecule has 0 aromatic heterocycles. The number of amides is 1. The Balaban J connectivity index is 2.76. The highest BCUT2D eigenvalue weighted by atomic mass is 79.9. The van der Waals surface area contributed by atoms with E-state index in [9.17, 15) is 4.79 Å². The summed E-state index contributed by atoms with van der Waals surface area (Å²) in [6, 6.07) is 5.72. The Bertz CT molecular complexity index is 381. The summed E-state index contributed by atoms with van der Waals surface area (Å²) in [6.07, 6.45) is 0.914. The first kappa shape index (κ1) is 14.2. The molecule has 0 heterocycles. The Morgan fingerprint density at radius 2 is 2.12 bits per heavy atom. The van der Waals surface area contributed by atoms with Crippen LogP contribution in [0, 0.1) is 0 Å². The third-order valence-corrected chi connectivity index (χ3v) is 3.74. The molecule has 88 valence electrons. The average molecular weight is 414 g/mol. The molecule has 0 aliphatic heterocycles. The minimum atomic E-state index is -0.0541. The highest BCUT2D eigenvalue weighted by Crippen LogP contribution is 2.21. The van der Waals surface area contributed by atoms with Gasteiger partial charge in [0.15, 0.2) is 0 Å². The van der Waals surface area contributed by atoms with Gasteiger partial charge in [0.25, 0.3) is 5.91 Å². The number of benzene rings is 1. The predicted molar refractivity (Wildman–Crippen MR) is 77.2 cm³/mol. The lowest BCUT2D eigenvalue weighted by molar-refractivity contribution is 0.0938. The summed E-state index contributed by atoms with van der Waals surface area (Å²) in [5.41, 5.74) is 0.649. The molecule has 1 rings (SSSR count). The molecule has 0 fully saturated rings. The third kappa shape index (κ3) is 4.18. The number of carbonyl (C=O) groups excluding carboxylic acids is 1. The summed E-state index contributed by atoms with van der Waals surface area (Å²) < 4.78 is 1.70. The lowest BCUT2D eigenvalue weighted by Crippen LogP contribution is -2.33. The Morgan fingerprint density at radius 1 is 1.44 bits per heavy atom. The zero-order chi connectivity index (χ0) is 12.1. The smallest absolute Gasteiger partial charge is 0.252 e. The minimum Gasteiger partial charge on any atom is -0.350 e. The summed E-state index contributed by atoms with van der Waals surface area (Å²) in [5.74, 6) is -0.0541. The van der Waals surface area contributed by atoms with Gasteiger partial charge in [0.05, 0.1) is 5.56 Å². The van der Waals surface area contributed by atoms with Crippen molar-refractivity contribution in [1.82, 2.24) is 5.32 Å². The van der Waals surface area contributed by atoms with Crippen molar-refractivity contribution in [2.75, 3.05) is 5.33 Å². The van der Waals surface area contributed by atoms with Crippen LogP contribution in [-0.2, 0) is 0 Å². The summed E-state index contributed by atoms with van der Waals surface area (Å²) in [6.45, 7) is 1.99. The van der Waals surface area contributed by atoms with Gasteiger partial charge in [-0.05, 0) is 47.5 Å². The molecule has 1 unspecified atom stereocenters. The Labute approximate surface area is 121 Å². The van der Waals surface area contributed by atoms with E-state index in [-0.39, 0.29) is 11.9 Å². The summed E-state index contributed by atoms with van der Waals surface area (Å²) in [5, 5.41) is 3.83. The molecule has 0 bridgehead atoms. The van der Waals surface area contributed by atoms with Gasteiger partial charge >= 0.3 is 0 Å². The minimum absolute atomic E-state index is 0.0541. The van der Waals surface area contributed by atoms with Gasteiger partial charge in [-0.3, -0.25) is 4.79 Å². The third-order valence-electron chi connectivity index (χ3n) is 2.09. The molecule has 0 aliphatic carbocycles. The van der Waals surface area contributed by atoms with E-state index >= 15 is 0 Å². The van der Waals surface area contributed by atoms with Crippen molar-refractivity contribution in [3.63, 3.8) is 0 Å². The fourth-order valence-corrected chi connectivity index (χ4v) is 2.68. The van der Waals surface area contributed by atoms with Crippen molar-refractivity contribution < 1.29 is 4.79 Å². The Kier molecular flexibility index (Phi) is 6.00. The van der Waals surface area contributed by atoms with E-state index in [2.05, 4.69) is 53.1 Å². The van der Waals surface area contributed by atoms with E-state index in [4.69, 9.17) is 0 Å². The fraction of sp³-hybridized carbons (Fsp3) is 0.364. The zero-order valence-corrected chi connectivity index (χ0v) is 13.5. The van der Waals surface area contributed by atoms with E-state index in [1.807, 2.05) is 19.1 Å². The summed E-state index contributed by atoms with van der Waals surface area (Å²) in [7, 11) is 0. The first-order chi connectivity index (χ1) is 7.54. The van der Waals surface area contributed by atoms with Crippen molar-refractivity contribution in [1.29, 1.82) is 0 Å². The van der Waals surface area contributed by atoms with Gasteiger partial charge in [0, 0.05) is 20.3 Å². The molecule has 1 amide bonds. The fourth-order valence-electron chi connectivity index (χ4n) is 1.21. The highest BCUT2D eigenvalue weighted by Gasteiger charge is 2.12. The van der Waals surface area contributed by atoms with Crippen molar-refractivity contribution >= 4 is 53.7 Å². The first-order valence-electron chi connectivity index (χ1n) is 4.86. The molecule has 16 heavy (non-hydrogen) atoms. The summed E-state index contributed by atoms with van der Waals surface area (Å²) in [4.78, 5) is 11.9. The number of hydrogen-bond donors (Lipinski definition) is 1. The Morgan fingerprint density at radius 3 is 2.75 bits per heavy atom. The maximum Gasteiger partial charge on any atom is 0.252 e. The molecule has 2 nitrogen and oxygen atoms in total. The second-order valence-corrected chi connectivity index (χ2v) is 6.04. The molecule has 5 heteroatoms. The number of halogens is 3. The van der Waals surface area contributed by atoms with Gasteiger partial charge in [-0.15, -0.1) is 0 Å². The molecule has 0 aliphatic rings. The van der Waals surface area contributed by atoms with Gasteiger partial charge in [-0.2, -0.15) is 0 Å². The maximum absolute atomic E-state index is 11.9. The van der Waals surface area contributed by atoms with Crippen LogP contribution < -0.4 is 5.32 Å². The van der Waals surface area contributed by atoms with E-state index in [0.717, 1.165) is 20.7 Å². The molecule has 0 saturated carbocycles. The van der Waals surface area contributed by atoms with E-state index in [1.54, 1.807) is 6.07 Å². The van der Waals surface area contributed by atoms with Crippen molar-refractivity contribution in [2.24, 2.45) is 0 Å². The van der Waals surface area contributed by atoms with Crippen LogP contribution in [0.15, 0.2) is 27.1 Å². The lowest BCUT2D eigenvalue weighted by atomic mass is 10.2. The largest absolute Gasteiger partial charge is 0.350 e. The van der Waals surface area contributed by atoms with Crippen LogP contribution in [0.4, 0.5) is 0 Å². The molecule has 1 aromatic rings. The van der Waals surface area contributed by atoms with E-state index in [0.29, 0.717) is 5.56 Å². The number of hydrogen-bond acceptors (Lipinski definition) is 1. The number of rotatable bonds is 4. The standard InChI is InChI=1S/C11H12Br3NO/c1-7(4-5-12)15-11(16)9-6-8(13)2-3-10(9)14/h2-3,6-7H,4-5H2,1H3,(H,15,16). The maximum atomic E-state index is 11.9. The van der Waals surface area contributed by atoms with Crippen molar-refractivity contribution in [3.8, 4) is 0 Å². The number of carbonyl (C=O) groups is 1. The van der Waals surface area contributed by atoms with Crippen LogP contribution in [0.2, 0.25) is 0 Å². The monoisotopic (exact) mass is 411 g/mol. The van der Waals surface area contributed by atoms with Crippen molar-refractivity contribution in [3.05, 3.63) is 32.7 Å². The molecule has 0 spiro atoms. The normalized spacial score (nSPS) is 12.2. The van der Waals surface area contributed by atoms with Crippen LogP contribution >= 0.6 is 47.8 Å². The van der Waals surface area contributed by atoms with E-state index in [1.165, 1.54) is 0 Å². The predicted octanol–water partition coefficient (Wildman–Crippen LogP) is 4.11. The van der Waals surface area contributed by atoms with Gasteiger partial charge in [-0.25, -0.2) is 0 Å². The molecule has 1 aromatic carbocycles. The molecular formula is C11H12Br3NO. The zero-order valence-electron chi connectivity index (χ0n) is 8.77. The van der Waals surface area contributed by atoms with Crippen LogP contribution in [0.25, 0.3) is 0 Å². The number of alkyl halides is 1. The molecule has 0 saturated heterocycles. The second-order valence-electron chi connectivity index (χ2n) is 3.48. The lowest BCUT2D eigenvalue weighted by Gasteiger charge is -2.13. The molecule has 1 N–H and O–H groups in total. The second kappa shape index (κ2) is 6.77. The van der Waals surface area contributed by atoms with Crippen LogP contribution in [0.1, 0.15) is 23.7 Å². The van der Waals surface area contributed by atoms with Gasteiger partial charge in [0.2, 0.25) is 0 Å². The van der Waals surface area contributed by atoms with Gasteiger partial charge in [-0.1, -0.05) is 31.9 Å². The first-order valence-corrected chi connectivity index (χ1v) is 7.57. The Hall–Kier alpha value is 0.130. The molecule has 1 atom stereocenters. The van der Waals surface area contributed by atoms with Crippen LogP contribution in [0.3, 0.4) is 0 Å². The summed E-state index contributed by atoms with van der Waals surface area (Å²) >= 11 is 10.1. The van der Waals surface area contributed by atoms with Gasteiger partial charge in [0.1, 0.15) is 0 Å². The van der Waals surface area contributed by atoms with Crippen LogP contribution in [0.5, 0.6) is 0 Å². The van der Waals surface area contributed by atoms with E-state index < -0.39 is 0 Å². The number of nitrogens with one attached hydrogen (secondary N) is 1. The average Bonchev–Trinajstić information content (AvgIpc) is 2.21. The quantitative estimate of drug-likeness (QED) is 0.739. The topological polar surface area (TPSA) is 29.1 Å². The van der Waals surface area contributed by atoms with Crippen LogP contribution in [-0.4, -0.2) is 17.3 Å². The van der Waals surface area contributed by atoms with Gasteiger partial charge < -0.3 is 5.32 Å². The SMILES string of the molecule is CC(CCBr)NC(=O)c1cc(Br)ccc1Br. The van der Waals surface area contributed by atoms with Crippen molar-refractivity contribution in [2.45, 2.75) is 19.4 Å². The molecular weight excluding hydrogens is 402 g/mol. The molecule has 0 radical (unpaired) electrons. The highest BCUT2D eigenvalue weighted by molar-refractivity contribution is 9.11.